The lowest BCUT2D eigenvalue weighted by Crippen LogP contribution is -2.51. The number of nitrogens with one attached hydrogen (secondary N) is 2. The average molecular weight is 481 g/mol. The fourth-order valence-corrected chi connectivity index (χ4v) is 3.74. The molecule has 1 aliphatic rings. The van der Waals surface area contributed by atoms with E-state index in [1.807, 2.05) is 60.7 Å². The van der Waals surface area contributed by atoms with E-state index in [1.54, 1.807) is 28.2 Å². The van der Waals surface area contributed by atoms with E-state index >= 15 is 0 Å². The van der Waals surface area contributed by atoms with Crippen molar-refractivity contribution in [3.8, 4) is 0 Å². The van der Waals surface area contributed by atoms with Crippen molar-refractivity contribution in [2.75, 3.05) is 28.2 Å². The van der Waals surface area contributed by atoms with Gasteiger partial charge in [0.1, 0.15) is 12.1 Å². The number of ether oxygens (including phenoxy) is 1. The molecular formula is C26H32N4O5. The molecule has 0 aliphatic carbocycles. The third-order valence-electron chi connectivity index (χ3n) is 5.68. The summed E-state index contributed by atoms with van der Waals surface area (Å²) in [5.74, 6) is -1.61. The minimum Gasteiger partial charge on any atom is -0.349 e. The molecule has 35 heavy (non-hydrogen) atoms. The molecule has 3 rings (SSSR count). The molecule has 0 spiro atoms. The normalized spacial score (nSPS) is 18.1. The fraction of sp³-hybridized carbons (Fsp3) is 0.385. The van der Waals surface area contributed by atoms with Gasteiger partial charge in [-0.05, 0) is 11.1 Å². The van der Waals surface area contributed by atoms with Crippen molar-refractivity contribution in [3.63, 3.8) is 0 Å². The van der Waals surface area contributed by atoms with Crippen LogP contribution in [-0.2, 0) is 36.8 Å². The summed E-state index contributed by atoms with van der Waals surface area (Å²) in [5.41, 5.74) is 1.79. The smallest absolute Gasteiger partial charge is 0.253 e. The Bertz CT molecular complexity index is 959. The Kier molecular flexibility index (Phi) is 8.59. The van der Waals surface area contributed by atoms with Crippen LogP contribution in [0.2, 0.25) is 0 Å². The summed E-state index contributed by atoms with van der Waals surface area (Å²) in [6.07, 6.45) is -1.42. The van der Waals surface area contributed by atoms with Crippen LogP contribution in [0.15, 0.2) is 60.7 Å². The highest BCUT2D eigenvalue weighted by molar-refractivity contribution is 5.98. The van der Waals surface area contributed by atoms with Gasteiger partial charge in [-0.3, -0.25) is 19.2 Å². The van der Waals surface area contributed by atoms with Gasteiger partial charge in [-0.2, -0.15) is 0 Å². The number of epoxide rings is 1. The third-order valence-corrected chi connectivity index (χ3v) is 5.68. The second kappa shape index (κ2) is 11.6. The van der Waals surface area contributed by atoms with E-state index < -0.39 is 36.1 Å². The summed E-state index contributed by atoms with van der Waals surface area (Å²) in [5, 5.41) is 5.43. The lowest BCUT2D eigenvalue weighted by molar-refractivity contribution is -0.135. The summed E-state index contributed by atoms with van der Waals surface area (Å²) in [6, 6.07) is 17.1. The SMILES string of the molecule is CN(C)C(=O)[C@H](Cc1ccccc1)NC(=O)[C@H]1O[C@@H]1C(=O)N[C@@H](Cc1ccccc1)C(=O)N(C)C. The van der Waals surface area contributed by atoms with Crippen LogP contribution in [0.1, 0.15) is 11.1 Å². The number of carbonyl (C=O) groups excluding carboxylic acids is 4. The molecule has 1 fully saturated rings. The Morgan fingerprint density at radius 2 is 1.03 bits per heavy atom. The first-order valence-corrected chi connectivity index (χ1v) is 11.4. The monoisotopic (exact) mass is 480 g/mol. The maximum atomic E-state index is 12.8. The van der Waals surface area contributed by atoms with E-state index in [9.17, 15) is 19.2 Å². The van der Waals surface area contributed by atoms with Crippen LogP contribution >= 0.6 is 0 Å². The van der Waals surface area contributed by atoms with Crippen molar-refractivity contribution in [2.24, 2.45) is 0 Å². The van der Waals surface area contributed by atoms with Gasteiger partial charge < -0.3 is 25.2 Å². The Hall–Kier alpha value is -3.72. The van der Waals surface area contributed by atoms with Crippen LogP contribution in [0.3, 0.4) is 0 Å². The predicted octanol–water partition coefficient (Wildman–Crippen LogP) is 0.385. The Labute approximate surface area is 205 Å². The van der Waals surface area contributed by atoms with E-state index in [0.717, 1.165) is 11.1 Å². The minimum atomic E-state index is -1.02. The maximum Gasteiger partial charge on any atom is 0.253 e. The molecule has 0 unspecified atom stereocenters. The van der Waals surface area contributed by atoms with Crippen LogP contribution in [0, 0.1) is 0 Å². The molecule has 4 atom stereocenters. The Morgan fingerprint density at radius 3 is 1.34 bits per heavy atom. The molecule has 1 aliphatic heterocycles. The number of rotatable bonds is 10. The zero-order valence-electron chi connectivity index (χ0n) is 20.4. The molecule has 186 valence electrons. The number of hydrogen-bond donors (Lipinski definition) is 2. The summed E-state index contributed by atoms with van der Waals surface area (Å²) in [7, 11) is 6.46. The molecule has 1 heterocycles. The summed E-state index contributed by atoms with van der Waals surface area (Å²) < 4.78 is 5.35. The maximum absolute atomic E-state index is 12.8. The summed E-state index contributed by atoms with van der Waals surface area (Å²) in [4.78, 5) is 53.7. The van der Waals surface area contributed by atoms with Crippen LogP contribution in [0.5, 0.6) is 0 Å². The molecule has 0 saturated carbocycles. The molecule has 9 heteroatoms. The number of amides is 4. The largest absolute Gasteiger partial charge is 0.349 e. The summed E-state index contributed by atoms with van der Waals surface area (Å²) in [6.45, 7) is 0. The minimum absolute atomic E-state index is 0.261. The van der Waals surface area contributed by atoms with E-state index in [0.29, 0.717) is 12.8 Å². The first kappa shape index (κ1) is 25.9. The van der Waals surface area contributed by atoms with Crippen molar-refractivity contribution in [2.45, 2.75) is 37.1 Å². The van der Waals surface area contributed by atoms with Gasteiger partial charge in [0, 0.05) is 41.0 Å². The summed E-state index contributed by atoms with van der Waals surface area (Å²) >= 11 is 0. The predicted molar refractivity (Wildman–Crippen MR) is 130 cm³/mol. The van der Waals surface area contributed by atoms with Gasteiger partial charge in [0.05, 0.1) is 0 Å². The van der Waals surface area contributed by atoms with Crippen molar-refractivity contribution in [3.05, 3.63) is 71.8 Å². The number of nitrogens with zero attached hydrogens (tertiary/aromatic N) is 2. The van der Waals surface area contributed by atoms with Crippen LogP contribution in [0.25, 0.3) is 0 Å². The van der Waals surface area contributed by atoms with Gasteiger partial charge >= 0.3 is 0 Å². The Morgan fingerprint density at radius 1 is 0.686 bits per heavy atom. The van der Waals surface area contributed by atoms with Gasteiger partial charge in [0.15, 0.2) is 12.2 Å². The highest BCUT2D eigenvalue weighted by Crippen LogP contribution is 2.23. The topological polar surface area (TPSA) is 111 Å². The van der Waals surface area contributed by atoms with Crippen LogP contribution in [0.4, 0.5) is 0 Å². The first-order valence-electron chi connectivity index (χ1n) is 11.4. The fourth-order valence-electron chi connectivity index (χ4n) is 3.74. The van der Waals surface area contributed by atoms with Crippen molar-refractivity contribution in [1.29, 1.82) is 0 Å². The zero-order chi connectivity index (χ0) is 25.5. The first-order chi connectivity index (χ1) is 16.7. The zero-order valence-corrected chi connectivity index (χ0v) is 20.4. The molecule has 2 aromatic rings. The van der Waals surface area contributed by atoms with Gasteiger partial charge in [0.2, 0.25) is 11.8 Å². The van der Waals surface area contributed by atoms with Gasteiger partial charge in [-0.15, -0.1) is 0 Å². The van der Waals surface area contributed by atoms with Crippen molar-refractivity contribution in [1.82, 2.24) is 20.4 Å². The van der Waals surface area contributed by atoms with E-state index in [1.165, 1.54) is 9.80 Å². The number of likely N-dealkylation sites (N-methyl/N-ethyl adjacent to an activating group) is 2. The van der Waals surface area contributed by atoms with Gasteiger partial charge in [-0.1, -0.05) is 60.7 Å². The molecule has 0 radical (unpaired) electrons. The third kappa shape index (κ3) is 7.13. The van der Waals surface area contributed by atoms with Gasteiger partial charge in [-0.25, -0.2) is 0 Å². The molecule has 4 amide bonds. The molecule has 9 nitrogen and oxygen atoms in total. The van der Waals surface area contributed by atoms with E-state index in [-0.39, 0.29) is 11.8 Å². The molecule has 2 aromatic carbocycles. The molecule has 2 N–H and O–H groups in total. The molecule has 0 bridgehead atoms. The lowest BCUT2D eigenvalue weighted by atomic mass is 10.0. The van der Waals surface area contributed by atoms with E-state index in [2.05, 4.69) is 10.6 Å². The number of carbonyl (C=O) groups is 4. The lowest BCUT2D eigenvalue weighted by Gasteiger charge is -2.22. The van der Waals surface area contributed by atoms with Crippen molar-refractivity contribution >= 4 is 23.6 Å². The van der Waals surface area contributed by atoms with Crippen LogP contribution in [-0.4, -0.2) is 85.9 Å². The average Bonchev–Trinajstić information content (AvgIpc) is 3.65. The highest BCUT2D eigenvalue weighted by atomic mass is 16.6. The quantitative estimate of drug-likeness (QED) is 0.478. The molecule has 1 saturated heterocycles. The number of hydrogen-bond acceptors (Lipinski definition) is 5. The van der Waals surface area contributed by atoms with Gasteiger partial charge in [0.25, 0.3) is 11.8 Å². The molecule has 0 aromatic heterocycles. The second-order valence-electron chi connectivity index (χ2n) is 8.94. The molecular weight excluding hydrogens is 448 g/mol. The highest BCUT2D eigenvalue weighted by Gasteiger charge is 2.51. The second-order valence-corrected chi connectivity index (χ2v) is 8.94. The van der Waals surface area contributed by atoms with Crippen LogP contribution < -0.4 is 10.6 Å². The number of benzene rings is 2. The van der Waals surface area contributed by atoms with E-state index in [4.69, 9.17) is 4.74 Å². The Balaban J connectivity index is 1.62. The van der Waals surface area contributed by atoms with Crippen molar-refractivity contribution < 1.29 is 23.9 Å². The standard InChI is InChI=1S/C26H32N4O5/c1-29(2)25(33)19(15-17-11-7-5-8-12-17)27-23(31)21-22(35-21)24(32)28-20(26(34)30(3)4)16-18-13-9-6-10-14-18/h5-14,19-22H,15-16H2,1-4H3,(H,27,31)(H,28,32)/t19-,20-,21-,22-/m0/s1.